The first kappa shape index (κ1) is 24.2. The van der Waals surface area contributed by atoms with E-state index in [4.69, 9.17) is 26.7 Å². The van der Waals surface area contributed by atoms with Gasteiger partial charge in [0.25, 0.3) is 0 Å². The molecule has 37 heavy (non-hydrogen) atoms. The molecule has 0 amide bonds. The van der Waals surface area contributed by atoms with Crippen LogP contribution in [0, 0.1) is 22.5 Å². The molecule has 11 heteroatoms. The summed E-state index contributed by atoms with van der Waals surface area (Å²) in [5.74, 6) is -0.576. The standard InChI is InChI=1S/C26H26F2N8O/c27-21-13-17(1-3-19(21)15-5-9-35(10-6-15)25(29)30)23-33-34-24(37-23)18-2-4-20(22(28)14-18)16-7-11-36(12-8-16)26(31)32/h1-5,7,13-14H,6,8-12H2,(H3,29,30)(H3,31,32). The third-order valence-electron chi connectivity index (χ3n) is 6.65. The molecule has 9 nitrogen and oxygen atoms in total. The van der Waals surface area contributed by atoms with Crippen LogP contribution in [-0.4, -0.2) is 58.1 Å². The maximum absolute atomic E-state index is 15.0. The van der Waals surface area contributed by atoms with E-state index in [2.05, 4.69) is 10.2 Å². The van der Waals surface area contributed by atoms with Gasteiger partial charge >= 0.3 is 0 Å². The summed E-state index contributed by atoms with van der Waals surface area (Å²) < 4.78 is 35.7. The molecule has 1 aromatic heterocycles. The van der Waals surface area contributed by atoms with E-state index in [1.807, 2.05) is 12.2 Å². The largest absolute Gasteiger partial charge is 0.416 e. The van der Waals surface area contributed by atoms with Crippen LogP contribution in [-0.2, 0) is 0 Å². The fraction of sp³-hybridized carbons (Fsp3) is 0.231. The highest BCUT2D eigenvalue weighted by Crippen LogP contribution is 2.31. The fourth-order valence-corrected chi connectivity index (χ4v) is 4.54. The fourth-order valence-electron chi connectivity index (χ4n) is 4.54. The van der Waals surface area contributed by atoms with Gasteiger partial charge in [0.05, 0.1) is 0 Å². The predicted octanol–water partition coefficient (Wildman–Crippen LogP) is 3.65. The minimum absolute atomic E-state index is 0.0000755. The Balaban J connectivity index is 1.33. The van der Waals surface area contributed by atoms with Gasteiger partial charge in [-0.3, -0.25) is 10.8 Å². The van der Waals surface area contributed by atoms with Crippen LogP contribution in [0.15, 0.2) is 53.0 Å². The Labute approximate surface area is 212 Å². The van der Waals surface area contributed by atoms with E-state index in [1.54, 1.807) is 34.1 Å². The average Bonchev–Trinajstić information content (AvgIpc) is 3.39. The van der Waals surface area contributed by atoms with Gasteiger partial charge in [0.1, 0.15) is 11.6 Å². The van der Waals surface area contributed by atoms with Gasteiger partial charge in [0.2, 0.25) is 11.8 Å². The van der Waals surface area contributed by atoms with Gasteiger partial charge in [-0.25, -0.2) is 8.78 Å². The van der Waals surface area contributed by atoms with Crippen LogP contribution in [0.5, 0.6) is 0 Å². The van der Waals surface area contributed by atoms with Crippen LogP contribution in [0.25, 0.3) is 34.1 Å². The molecule has 0 unspecified atom stereocenters. The topological polar surface area (TPSA) is 145 Å². The number of nitrogens with zero attached hydrogens (tertiary/aromatic N) is 4. The maximum Gasteiger partial charge on any atom is 0.248 e. The number of hydrogen-bond acceptors (Lipinski definition) is 5. The Morgan fingerprint density at radius 3 is 1.51 bits per heavy atom. The number of guanidine groups is 2. The highest BCUT2D eigenvalue weighted by atomic mass is 19.1. The van der Waals surface area contributed by atoms with Gasteiger partial charge in [-0.05, 0) is 48.3 Å². The zero-order valence-corrected chi connectivity index (χ0v) is 20.0. The molecule has 2 aliphatic heterocycles. The Bertz CT molecular complexity index is 1340. The third kappa shape index (κ3) is 4.92. The van der Waals surface area contributed by atoms with E-state index in [0.29, 0.717) is 61.3 Å². The SMILES string of the molecule is N=C(N)N1CC=C(c2ccc(-c3nnc(-c4ccc(C5=CCN(C(=N)N)CC5)c(F)c4)o3)cc2F)CC1. The van der Waals surface area contributed by atoms with Gasteiger partial charge in [0.15, 0.2) is 11.9 Å². The monoisotopic (exact) mass is 504 g/mol. The van der Waals surface area contributed by atoms with Crippen molar-refractivity contribution in [3.05, 3.63) is 71.3 Å². The zero-order chi connectivity index (χ0) is 26.1. The molecule has 2 aromatic carbocycles. The lowest BCUT2D eigenvalue weighted by atomic mass is 9.97. The number of rotatable bonds is 4. The molecular weight excluding hydrogens is 478 g/mol. The lowest BCUT2D eigenvalue weighted by molar-refractivity contribution is 0.450. The van der Waals surface area contributed by atoms with Crippen molar-refractivity contribution < 1.29 is 13.2 Å². The number of benzene rings is 2. The lowest BCUT2D eigenvalue weighted by Crippen LogP contribution is -2.39. The third-order valence-corrected chi connectivity index (χ3v) is 6.65. The zero-order valence-electron chi connectivity index (χ0n) is 20.0. The first-order valence-corrected chi connectivity index (χ1v) is 11.8. The van der Waals surface area contributed by atoms with Gasteiger partial charge in [-0.1, -0.05) is 24.3 Å². The molecule has 0 saturated heterocycles. The smallest absolute Gasteiger partial charge is 0.248 e. The second-order valence-electron chi connectivity index (χ2n) is 8.92. The normalized spacial score (nSPS) is 15.8. The van der Waals surface area contributed by atoms with Crippen LogP contribution in [0.1, 0.15) is 24.0 Å². The second kappa shape index (κ2) is 9.84. The van der Waals surface area contributed by atoms with Crippen LogP contribution in [0.3, 0.4) is 0 Å². The molecule has 0 radical (unpaired) electrons. The second-order valence-corrected chi connectivity index (χ2v) is 8.92. The van der Waals surface area contributed by atoms with E-state index in [0.717, 1.165) is 11.1 Å². The number of nitrogens with two attached hydrogens (primary N) is 2. The summed E-state index contributed by atoms with van der Waals surface area (Å²) in [6.07, 6.45) is 4.89. The van der Waals surface area contributed by atoms with Crippen LogP contribution < -0.4 is 11.5 Å². The molecule has 0 aliphatic carbocycles. The van der Waals surface area contributed by atoms with Crippen molar-refractivity contribution in [2.24, 2.45) is 11.5 Å². The molecule has 3 aromatic rings. The van der Waals surface area contributed by atoms with Gasteiger partial charge in [-0.15, -0.1) is 10.2 Å². The molecule has 0 atom stereocenters. The quantitative estimate of drug-likeness (QED) is 0.313. The van der Waals surface area contributed by atoms with E-state index in [1.165, 1.54) is 12.1 Å². The Hall–Kier alpha value is -4.54. The van der Waals surface area contributed by atoms with Gasteiger partial charge < -0.3 is 25.7 Å². The van der Waals surface area contributed by atoms with Crippen molar-refractivity contribution in [3.8, 4) is 22.9 Å². The van der Waals surface area contributed by atoms with Crippen molar-refractivity contribution in [2.75, 3.05) is 26.2 Å². The Morgan fingerprint density at radius 1 is 0.757 bits per heavy atom. The van der Waals surface area contributed by atoms with E-state index in [-0.39, 0.29) is 23.7 Å². The van der Waals surface area contributed by atoms with Crippen LogP contribution in [0.2, 0.25) is 0 Å². The summed E-state index contributed by atoms with van der Waals surface area (Å²) >= 11 is 0. The Kier molecular flexibility index (Phi) is 6.43. The highest BCUT2D eigenvalue weighted by molar-refractivity contribution is 5.78. The first-order chi connectivity index (χ1) is 17.8. The van der Waals surface area contributed by atoms with Crippen LogP contribution >= 0.6 is 0 Å². The molecule has 190 valence electrons. The molecule has 0 bridgehead atoms. The highest BCUT2D eigenvalue weighted by Gasteiger charge is 2.20. The molecule has 0 fully saturated rings. The van der Waals surface area contributed by atoms with Crippen molar-refractivity contribution >= 4 is 23.1 Å². The molecule has 0 spiro atoms. The predicted molar refractivity (Wildman–Crippen MR) is 137 cm³/mol. The number of aromatic nitrogens is 2. The minimum atomic E-state index is -0.417. The molecule has 6 N–H and O–H groups in total. The lowest BCUT2D eigenvalue weighted by Gasteiger charge is -2.26. The summed E-state index contributed by atoms with van der Waals surface area (Å²) in [7, 11) is 0. The van der Waals surface area contributed by atoms with E-state index < -0.39 is 11.6 Å². The van der Waals surface area contributed by atoms with Crippen molar-refractivity contribution in [3.63, 3.8) is 0 Å². The van der Waals surface area contributed by atoms with Crippen molar-refractivity contribution in [1.82, 2.24) is 20.0 Å². The minimum Gasteiger partial charge on any atom is -0.416 e. The van der Waals surface area contributed by atoms with Gasteiger partial charge in [-0.2, -0.15) is 0 Å². The molecular formula is C26H26F2N8O. The number of hydrogen-bond donors (Lipinski definition) is 4. The van der Waals surface area contributed by atoms with E-state index >= 15 is 0 Å². The summed E-state index contributed by atoms with van der Waals surface area (Å²) in [4.78, 5) is 3.42. The van der Waals surface area contributed by atoms with Gasteiger partial charge in [0, 0.05) is 48.4 Å². The molecule has 2 aliphatic rings. The Morgan fingerprint density at radius 2 is 1.19 bits per heavy atom. The molecule has 0 saturated carbocycles. The number of nitrogens with one attached hydrogen (secondary N) is 2. The first-order valence-electron chi connectivity index (χ1n) is 11.8. The maximum atomic E-state index is 15.0. The van der Waals surface area contributed by atoms with Crippen molar-refractivity contribution in [2.45, 2.75) is 12.8 Å². The number of halogens is 2. The summed E-state index contributed by atoms with van der Waals surface area (Å²) in [6, 6.07) is 9.43. The van der Waals surface area contributed by atoms with Crippen molar-refractivity contribution in [1.29, 1.82) is 10.8 Å². The summed E-state index contributed by atoms with van der Waals surface area (Å²) in [5, 5.41) is 23.1. The van der Waals surface area contributed by atoms with Crippen LogP contribution in [0.4, 0.5) is 8.78 Å². The van der Waals surface area contributed by atoms with E-state index in [9.17, 15) is 8.78 Å². The summed E-state index contributed by atoms with van der Waals surface area (Å²) in [5.41, 5.74) is 14.5. The molecule has 5 rings (SSSR count). The molecule has 3 heterocycles. The summed E-state index contributed by atoms with van der Waals surface area (Å²) in [6.45, 7) is 2.03. The average molecular weight is 505 g/mol.